The molecule has 0 aliphatic carbocycles. The average Bonchev–Trinajstić information content (AvgIpc) is 2.52. The van der Waals surface area contributed by atoms with Gasteiger partial charge >= 0.3 is 5.97 Å². The highest BCUT2D eigenvalue weighted by molar-refractivity contribution is 5.77. The Hall–Kier alpha value is -1.14. The Morgan fingerprint density at radius 2 is 2.44 bits per heavy atom. The Labute approximate surface area is 93.7 Å². The molecule has 2 aliphatic rings. The van der Waals surface area contributed by atoms with Crippen LogP contribution in [0.1, 0.15) is 6.42 Å². The van der Waals surface area contributed by atoms with Crippen LogP contribution in [0.15, 0.2) is 0 Å². The van der Waals surface area contributed by atoms with E-state index in [1.807, 2.05) is 0 Å². The lowest BCUT2D eigenvalue weighted by molar-refractivity contribution is -0.142. The number of cyclic esters (lactones) is 1. The molecule has 0 aromatic carbocycles. The van der Waals surface area contributed by atoms with Crippen LogP contribution in [-0.2, 0) is 19.1 Å². The molecule has 6 nitrogen and oxygen atoms in total. The van der Waals surface area contributed by atoms with Gasteiger partial charge in [-0.2, -0.15) is 0 Å². The molecule has 0 aromatic rings. The van der Waals surface area contributed by atoms with Crippen molar-refractivity contribution in [1.29, 1.82) is 0 Å². The highest BCUT2D eigenvalue weighted by Crippen LogP contribution is 2.38. The van der Waals surface area contributed by atoms with Gasteiger partial charge in [-0.25, -0.2) is 0 Å². The number of methoxy groups -OCH3 is 1. The van der Waals surface area contributed by atoms with Gasteiger partial charge < -0.3 is 20.1 Å². The fraction of sp³-hybridized carbons (Fsp3) is 0.800. The quantitative estimate of drug-likeness (QED) is 0.582. The van der Waals surface area contributed by atoms with Crippen molar-refractivity contribution in [2.45, 2.75) is 12.5 Å². The van der Waals surface area contributed by atoms with Crippen LogP contribution in [0.3, 0.4) is 0 Å². The van der Waals surface area contributed by atoms with Gasteiger partial charge in [-0.15, -0.1) is 0 Å². The van der Waals surface area contributed by atoms with Crippen LogP contribution in [0.2, 0.25) is 0 Å². The normalized spacial score (nSPS) is 26.3. The molecule has 0 saturated carbocycles. The van der Waals surface area contributed by atoms with Gasteiger partial charge in [0.05, 0.1) is 13.0 Å². The first kappa shape index (κ1) is 11.3. The number of hydrogen-bond donors (Lipinski definition) is 2. The van der Waals surface area contributed by atoms with E-state index in [-0.39, 0.29) is 30.0 Å². The third-order valence-electron chi connectivity index (χ3n) is 3.17. The van der Waals surface area contributed by atoms with Crippen molar-refractivity contribution in [2.75, 3.05) is 33.4 Å². The summed E-state index contributed by atoms with van der Waals surface area (Å²) in [4.78, 5) is 22.5. The average molecular weight is 228 g/mol. The van der Waals surface area contributed by atoms with Crippen LogP contribution in [0, 0.1) is 5.41 Å². The third-order valence-corrected chi connectivity index (χ3v) is 3.17. The summed E-state index contributed by atoms with van der Waals surface area (Å²) in [7, 11) is 1.46. The molecular weight excluding hydrogens is 212 g/mol. The molecule has 6 heteroatoms. The maximum atomic E-state index is 11.2. The van der Waals surface area contributed by atoms with Crippen molar-refractivity contribution >= 4 is 11.9 Å². The fourth-order valence-corrected chi connectivity index (χ4v) is 2.17. The first-order valence-corrected chi connectivity index (χ1v) is 5.32. The van der Waals surface area contributed by atoms with Crippen molar-refractivity contribution in [3.8, 4) is 0 Å². The lowest BCUT2D eigenvalue weighted by Crippen LogP contribution is -2.60. The largest absolute Gasteiger partial charge is 0.460 e. The lowest BCUT2D eigenvalue weighted by Gasteiger charge is -2.41. The van der Waals surface area contributed by atoms with Gasteiger partial charge in [0, 0.05) is 25.6 Å². The molecule has 16 heavy (non-hydrogen) atoms. The number of nitrogens with one attached hydrogen (secondary N) is 2. The Kier molecular flexibility index (Phi) is 3.11. The van der Waals surface area contributed by atoms with Crippen LogP contribution < -0.4 is 10.6 Å². The van der Waals surface area contributed by atoms with E-state index in [4.69, 9.17) is 9.47 Å². The number of carbonyl (C=O) groups excluding carboxylic acids is 2. The van der Waals surface area contributed by atoms with Crippen LogP contribution >= 0.6 is 0 Å². The summed E-state index contributed by atoms with van der Waals surface area (Å²) in [5.74, 6) is -0.361. The van der Waals surface area contributed by atoms with E-state index in [9.17, 15) is 9.59 Å². The van der Waals surface area contributed by atoms with Gasteiger partial charge in [-0.1, -0.05) is 0 Å². The molecule has 2 aliphatic heterocycles. The van der Waals surface area contributed by atoms with Gasteiger partial charge in [0.25, 0.3) is 0 Å². The maximum absolute atomic E-state index is 11.2. The number of amides is 1. The molecule has 2 N–H and O–H groups in total. The molecule has 1 amide bonds. The van der Waals surface area contributed by atoms with Crippen molar-refractivity contribution in [3.63, 3.8) is 0 Å². The summed E-state index contributed by atoms with van der Waals surface area (Å²) >= 11 is 0. The Balaban J connectivity index is 1.84. The van der Waals surface area contributed by atoms with Crippen molar-refractivity contribution in [1.82, 2.24) is 10.6 Å². The van der Waals surface area contributed by atoms with Gasteiger partial charge in [-0.05, 0) is 0 Å². The number of rotatable bonds is 4. The Bertz CT molecular complexity index is 301. The monoisotopic (exact) mass is 228 g/mol. The van der Waals surface area contributed by atoms with Crippen molar-refractivity contribution in [2.24, 2.45) is 5.41 Å². The molecule has 1 unspecified atom stereocenters. The SMILES string of the molecule is COCC(=O)NCC1OC(=O)CC12CNC2. The molecule has 0 aromatic heterocycles. The Morgan fingerprint density at radius 1 is 1.69 bits per heavy atom. The smallest absolute Gasteiger partial charge is 0.306 e. The third kappa shape index (κ3) is 2.03. The number of ether oxygens (including phenoxy) is 2. The molecule has 2 saturated heterocycles. The molecule has 0 bridgehead atoms. The molecular formula is C10H16N2O4. The van der Waals surface area contributed by atoms with E-state index in [2.05, 4.69) is 10.6 Å². The van der Waals surface area contributed by atoms with E-state index in [0.717, 1.165) is 13.1 Å². The van der Waals surface area contributed by atoms with Gasteiger partial charge in [-0.3, -0.25) is 9.59 Å². The Morgan fingerprint density at radius 3 is 3.00 bits per heavy atom. The fourth-order valence-electron chi connectivity index (χ4n) is 2.17. The van der Waals surface area contributed by atoms with E-state index in [1.54, 1.807) is 0 Å². The molecule has 2 fully saturated rings. The van der Waals surface area contributed by atoms with Crippen LogP contribution in [0.4, 0.5) is 0 Å². The molecule has 1 atom stereocenters. The van der Waals surface area contributed by atoms with Crippen molar-refractivity contribution in [3.05, 3.63) is 0 Å². The maximum Gasteiger partial charge on any atom is 0.306 e. The van der Waals surface area contributed by atoms with E-state index < -0.39 is 0 Å². The summed E-state index contributed by atoms with van der Waals surface area (Å²) in [6, 6.07) is 0. The van der Waals surface area contributed by atoms with Crippen LogP contribution in [0.25, 0.3) is 0 Å². The zero-order valence-electron chi connectivity index (χ0n) is 9.25. The number of esters is 1. The zero-order valence-corrected chi connectivity index (χ0v) is 9.25. The molecule has 90 valence electrons. The molecule has 2 heterocycles. The molecule has 0 radical (unpaired) electrons. The second kappa shape index (κ2) is 4.39. The number of hydrogen-bond acceptors (Lipinski definition) is 5. The lowest BCUT2D eigenvalue weighted by atomic mass is 9.75. The van der Waals surface area contributed by atoms with Crippen molar-refractivity contribution < 1.29 is 19.1 Å². The topological polar surface area (TPSA) is 76.7 Å². The summed E-state index contributed by atoms with van der Waals surface area (Å²) in [5, 5.41) is 5.84. The summed E-state index contributed by atoms with van der Waals surface area (Å²) in [5.41, 5.74) is -0.0998. The predicted octanol–water partition coefficient (Wildman–Crippen LogP) is -1.35. The minimum atomic E-state index is -0.206. The summed E-state index contributed by atoms with van der Waals surface area (Å²) < 4.78 is 9.91. The van der Waals surface area contributed by atoms with Gasteiger partial charge in [0.15, 0.2) is 0 Å². The van der Waals surface area contributed by atoms with Crippen LogP contribution in [0.5, 0.6) is 0 Å². The van der Waals surface area contributed by atoms with E-state index >= 15 is 0 Å². The second-order valence-corrected chi connectivity index (χ2v) is 4.36. The summed E-state index contributed by atoms with van der Waals surface area (Å²) in [6.07, 6.45) is 0.243. The standard InChI is InChI=1S/C10H16N2O4/c1-15-4-8(13)12-3-7-10(5-11-6-10)2-9(14)16-7/h7,11H,2-6H2,1H3,(H,12,13). The highest BCUT2D eigenvalue weighted by Gasteiger charge is 2.52. The minimum Gasteiger partial charge on any atom is -0.460 e. The zero-order chi connectivity index (χ0) is 11.6. The predicted molar refractivity (Wildman–Crippen MR) is 54.7 cm³/mol. The molecule has 1 spiro atoms. The first-order valence-electron chi connectivity index (χ1n) is 5.32. The number of carbonyl (C=O) groups is 2. The highest BCUT2D eigenvalue weighted by atomic mass is 16.6. The van der Waals surface area contributed by atoms with Gasteiger partial charge in [0.1, 0.15) is 12.7 Å². The summed E-state index contributed by atoms with van der Waals surface area (Å²) in [6.45, 7) is 1.97. The second-order valence-electron chi connectivity index (χ2n) is 4.36. The molecule has 2 rings (SSSR count). The van der Waals surface area contributed by atoms with E-state index in [0.29, 0.717) is 13.0 Å². The van der Waals surface area contributed by atoms with Crippen LogP contribution in [-0.4, -0.2) is 51.3 Å². The van der Waals surface area contributed by atoms with Gasteiger partial charge in [0.2, 0.25) is 5.91 Å². The minimum absolute atomic E-state index is 0.0336. The van der Waals surface area contributed by atoms with E-state index in [1.165, 1.54) is 7.11 Å². The first-order chi connectivity index (χ1) is 7.66.